The molecular weight excluding hydrogens is 384 g/mol. The first-order chi connectivity index (χ1) is 13.0. The molecule has 1 amide bonds. The minimum atomic E-state index is -0.580. The first-order valence-corrected chi connectivity index (χ1v) is 10.9. The van der Waals surface area contributed by atoms with Crippen LogP contribution in [0.2, 0.25) is 0 Å². The topological polar surface area (TPSA) is 75.9 Å². The molecule has 1 fully saturated rings. The second-order valence-corrected chi connectivity index (χ2v) is 8.83. The van der Waals surface area contributed by atoms with Gasteiger partial charge in [-0.25, -0.2) is 14.6 Å². The Kier molecular flexibility index (Phi) is 6.47. The normalized spacial score (nSPS) is 14.9. The Hall–Kier alpha value is -1.54. The fourth-order valence-corrected chi connectivity index (χ4v) is 3.71. The number of halogens is 1. The molecule has 0 atom stereocenters. The van der Waals surface area contributed by atoms with Crippen LogP contribution in [0.25, 0.3) is 11.0 Å². The number of hydrogen-bond donors (Lipinski definition) is 1. The number of fused-ring (bicyclic) bond motifs is 1. The van der Waals surface area contributed by atoms with Gasteiger partial charge in [-0.05, 0) is 32.4 Å². The molecule has 0 aliphatic carbocycles. The quantitative estimate of drug-likeness (QED) is 0.409. The first kappa shape index (κ1) is 20.2. The van der Waals surface area contributed by atoms with Gasteiger partial charge in [0.05, 0.1) is 23.5 Å². The number of nitrogens with one attached hydrogen (secondary N) is 1. The van der Waals surface area contributed by atoms with Crippen LogP contribution < -0.4 is 10.2 Å². The molecule has 0 radical (unpaired) electrons. The van der Waals surface area contributed by atoms with Crippen LogP contribution in [-0.4, -0.2) is 56.9 Å². The summed E-state index contributed by atoms with van der Waals surface area (Å²) in [7, 11) is 0. The number of alkyl halides is 1. The molecule has 0 spiro atoms. The molecule has 0 unspecified atom stereocenters. The van der Waals surface area contributed by atoms with Crippen LogP contribution in [0.4, 0.5) is 5.82 Å². The smallest absolute Gasteiger partial charge is 0.226 e. The van der Waals surface area contributed by atoms with E-state index in [0.29, 0.717) is 13.1 Å². The van der Waals surface area contributed by atoms with Crippen molar-refractivity contribution in [2.75, 3.05) is 36.2 Å². The summed E-state index contributed by atoms with van der Waals surface area (Å²) in [4.78, 5) is 24.0. The molecule has 3 heterocycles. The van der Waals surface area contributed by atoms with Crippen molar-refractivity contribution >= 4 is 46.1 Å². The number of carbonyl (C=O) groups is 1. The zero-order chi connectivity index (χ0) is 19.4. The molecule has 1 aliphatic heterocycles. The van der Waals surface area contributed by atoms with Crippen molar-refractivity contribution in [1.82, 2.24) is 25.1 Å². The lowest BCUT2D eigenvalue weighted by Crippen LogP contribution is -2.39. The third-order valence-corrected chi connectivity index (χ3v) is 6.09. The predicted octanol–water partition coefficient (Wildman–Crippen LogP) is 2.92. The summed E-state index contributed by atoms with van der Waals surface area (Å²) in [6.45, 7) is 8.85. The van der Waals surface area contributed by atoms with Crippen LogP contribution in [0.15, 0.2) is 11.4 Å². The summed E-state index contributed by atoms with van der Waals surface area (Å²) < 4.78 is 1.85. The Morgan fingerprint density at radius 3 is 2.74 bits per heavy atom. The van der Waals surface area contributed by atoms with Gasteiger partial charge in [0, 0.05) is 25.5 Å². The maximum absolute atomic E-state index is 12.2. The Morgan fingerprint density at radius 2 is 2.07 bits per heavy atom. The highest BCUT2D eigenvalue weighted by Gasteiger charge is 2.26. The van der Waals surface area contributed by atoms with Crippen LogP contribution in [0.5, 0.6) is 0 Å². The van der Waals surface area contributed by atoms with Crippen molar-refractivity contribution in [2.45, 2.75) is 45.3 Å². The highest BCUT2D eigenvalue weighted by Crippen LogP contribution is 2.29. The number of anilines is 1. The minimum Gasteiger partial charge on any atom is -0.356 e. The summed E-state index contributed by atoms with van der Waals surface area (Å²) in [6, 6.07) is 0. The molecule has 7 nitrogen and oxygen atoms in total. The van der Waals surface area contributed by atoms with Crippen LogP contribution >= 0.6 is 23.4 Å². The van der Waals surface area contributed by atoms with Crippen molar-refractivity contribution in [3.05, 3.63) is 6.20 Å². The Morgan fingerprint density at radius 1 is 1.33 bits per heavy atom. The summed E-state index contributed by atoms with van der Waals surface area (Å²) in [5.41, 5.74) is 0.248. The van der Waals surface area contributed by atoms with Gasteiger partial charge in [0.2, 0.25) is 5.91 Å². The molecule has 2 aromatic rings. The minimum absolute atomic E-state index is 0.0522. The van der Waals surface area contributed by atoms with E-state index in [9.17, 15) is 4.79 Å². The van der Waals surface area contributed by atoms with E-state index in [0.717, 1.165) is 40.9 Å². The van der Waals surface area contributed by atoms with Gasteiger partial charge in [-0.3, -0.25) is 4.79 Å². The second-order valence-electron chi connectivity index (χ2n) is 7.34. The number of amides is 1. The van der Waals surface area contributed by atoms with E-state index in [1.165, 1.54) is 12.8 Å². The molecule has 0 saturated carbocycles. The number of aromatic nitrogens is 4. The van der Waals surface area contributed by atoms with Crippen molar-refractivity contribution in [3.8, 4) is 0 Å². The van der Waals surface area contributed by atoms with Crippen LogP contribution in [-0.2, 0) is 11.3 Å². The molecule has 1 aliphatic rings. The molecule has 1 saturated heterocycles. The van der Waals surface area contributed by atoms with Gasteiger partial charge >= 0.3 is 0 Å². The number of nitrogens with zero attached hydrogens (tertiary/aromatic N) is 5. The van der Waals surface area contributed by atoms with Gasteiger partial charge in [-0.15, -0.1) is 11.6 Å². The lowest BCUT2D eigenvalue weighted by atomic mass is 9.95. The zero-order valence-corrected chi connectivity index (χ0v) is 17.7. The van der Waals surface area contributed by atoms with Gasteiger partial charge in [0.25, 0.3) is 0 Å². The third-order valence-electron chi connectivity index (χ3n) is 4.69. The lowest BCUT2D eigenvalue weighted by Gasteiger charge is -2.20. The van der Waals surface area contributed by atoms with E-state index < -0.39 is 5.41 Å². The molecule has 27 heavy (non-hydrogen) atoms. The molecule has 3 rings (SSSR count). The largest absolute Gasteiger partial charge is 0.356 e. The van der Waals surface area contributed by atoms with Crippen molar-refractivity contribution in [1.29, 1.82) is 0 Å². The third kappa shape index (κ3) is 4.48. The molecule has 2 aromatic heterocycles. The van der Waals surface area contributed by atoms with Gasteiger partial charge < -0.3 is 10.2 Å². The standard InChI is InChI=1S/C18H27ClN6OS/c1-4-27-17-22-14(24-8-5-6-9-24)13-11-21-25(15(13)23-17)10-7-20-16(26)18(2,3)12-19/h11H,4-10,12H2,1-3H3,(H,20,26). The highest BCUT2D eigenvalue weighted by molar-refractivity contribution is 7.99. The van der Waals surface area contributed by atoms with Gasteiger partial charge in [0.15, 0.2) is 10.8 Å². The van der Waals surface area contributed by atoms with E-state index in [4.69, 9.17) is 21.6 Å². The lowest BCUT2D eigenvalue weighted by molar-refractivity contribution is -0.128. The SMILES string of the molecule is CCSc1nc(N2CCCC2)c2cnn(CCNC(=O)C(C)(C)CCl)c2n1. The average Bonchev–Trinajstić information content (AvgIpc) is 3.31. The van der Waals surface area contributed by atoms with Crippen LogP contribution in [0.1, 0.15) is 33.6 Å². The highest BCUT2D eigenvalue weighted by atomic mass is 35.5. The Balaban J connectivity index is 1.81. The molecule has 9 heteroatoms. The number of thioether (sulfide) groups is 1. The maximum atomic E-state index is 12.2. The van der Waals surface area contributed by atoms with Crippen LogP contribution in [0.3, 0.4) is 0 Å². The Labute approximate surface area is 169 Å². The van der Waals surface area contributed by atoms with E-state index in [-0.39, 0.29) is 11.8 Å². The summed E-state index contributed by atoms with van der Waals surface area (Å²) in [5, 5.41) is 9.21. The van der Waals surface area contributed by atoms with Crippen molar-refractivity contribution in [3.63, 3.8) is 0 Å². The zero-order valence-electron chi connectivity index (χ0n) is 16.2. The predicted molar refractivity (Wildman–Crippen MR) is 111 cm³/mol. The monoisotopic (exact) mass is 410 g/mol. The van der Waals surface area contributed by atoms with E-state index in [1.54, 1.807) is 11.8 Å². The molecule has 0 bridgehead atoms. The molecule has 1 N–H and O–H groups in total. The number of rotatable bonds is 8. The van der Waals surface area contributed by atoms with Crippen LogP contribution in [0, 0.1) is 5.41 Å². The number of carbonyl (C=O) groups excluding carboxylic acids is 1. The van der Waals surface area contributed by atoms with Gasteiger partial charge in [0.1, 0.15) is 5.82 Å². The van der Waals surface area contributed by atoms with Gasteiger partial charge in [-0.1, -0.05) is 18.7 Å². The maximum Gasteiger partial charge on any atom is 0.226 e. The van der Waals surface area contributed by atoms with Gasteiger partial charge in [-0.2, -0.15) is 5.10 Å². The molecule has 148 valence electrons. The summed E-state index contributed by atoms with van der Waals surface area (Å²) in [5.74, 6) is 2.13. The fraction of sp³-hybridized carbons (Fsp3) is 0.667. The van der Waals surface area contributed by atoms with E-state index in [1.807, 2.05) is 24.7 Å². The fourth-order valence-electron chi connectivity index (χ4n) is 3.02. The molecule has 0 aromatic carbocycles. The van der Waals surface area contributed by atoms with E-state index in [2.05, 4.69) is 22.2 Å². The Bertz CT molecular complexity index is 802. The van der Waals surface area contributed by atoms with Crippen molar-refractivity contribution in [2.24, 2.45) is 5.41 Å². The summed E-state index contributed by atoms with van der Waals surface area (Å²) in [6.07, 6.45) is 4.23. The van der Waals surface area contributed by atoms with Crippen molar-refractivity contribution < 1.29 is 4.79 Å². The first-order valence-electron chi connectivity index (χ1n) is 9.42. The number of hydrogen-bond acceptors (Lipinski definition) is 6. The average molecular weight is 411 g/mol. The van der Waals surface area contributed by atoms with E-state index >= 15 is 0 Å². The molecular formula is C18H27ClN6OS. The second kappa shape index (κ2) is 8.65. The summed E-state index contributed by atoms with van der Waals surface area (Å²) >= 11 is 7.50.